The number of nitrogens with one attached hydrogen (secondary N) is 2. The molecule has 3 N–H and O–H groups in total. The first-order valence-electron chi connectivity index (χ1n) is 7.48. The van der Waals surface area contributed by atoms with Gasteiger partial charge in [0, 0.05) is 16.8 Å². The van der Waals surface area contributed by atoms with Crippen LogP contribution in [0.4, 0.5) is 0 Å². The quantitative estimate of drug-likeness (QED) is 0.567. The summed E-state index contributed by atoms with van der Waals surface area (Å²) in [6.45, 7) is 0. The van der Waals surface area contributed by atoms with Gasteiger partial charge in [0.15, 0.2) is 17.2 Å². The van der Waals surface area contributed by atoms with Crippen molar-refractivity contribution in [3.8, 4) is 17.2 Å². The fraction of sp³-hybridized carbons (Fsp3) is 0.312. The molecule has 0 aliphatic heterocycles. The van der Waals surface area contributed by atoms with Crippen LogP contribution in [0.3, 0.4) is 0 Å². The van der Waals surface area contributed by atoms with Gasteiger partial charge in [-0.2, -0.15) is 10.2 Å². The van der Waals surface area contributed by atoms with Crippen LogP contribution in [0.5, 0.6) is 17.2 Å². The number of aryl methyl sites for hydroxylation is 1. The van der Waals surface area contributed by atoms with Crippen molar-refractivity contribution in [3.05, 3.63) is 34.6 Å². The number of amides is 1. The number of benzene rings is 1. The van der Waals surface area contributed by atoms with E-state index in [2.05, 4.69) is 20.7 Å². The topological polar surface area (TPSA) is 109 Å². The number of hydrogen-bond acceptors (Lipinski definition) is 6. The molecule has 8 heteroatoms. The van der Waals surface area contributed by atoms with Crippen LogP contribution in [0.1, 0.15) is 33.7 Å². The van der Waals surface area contributed by atoms with Gasteiger partial charge in [-0.05, 0) is 31.4 Å². The minimum atomic E-state index is -0.358. The summed E-state index contributed by atoms with van der Waals surface area (Å²) in [6, 6.07) is 3.17. The predicted octanol–water partition coefficient (Wildman–Crippen LogP) is 1.39. The Hall–Kier alpha value is -3.03. The highest BCUT2D eigenvalue weighted by atomic mass is 16.5. The lowest BCUT2D eigenvalue weighted by Crippen LogP contribution is -2.19. The van der Waals surface area contributed by atoms with Crippen molar-refractivity contribution in [1.82, 2.24) is 15.6 Å². The number of carbonyl (C=O) groups excluding carboxylic acids is 1. The molecular formula is C16H18N4O4. The summed E-state index contributed by atoms with van der Waals surface area (Å²) in [5, 5.41) is 20.7. The number of ether oxygens (including phenoxy) is 2. The normalized spacial score (nSPS) is 13.1. The van der Waals surface area contributed by atoms with Crippen molar-refractivity contribution < 1.29 is 19.4 Å². The Kier molecular flexibility index (Phi) is 4.37. The highest BCUT2D eigenvalue weighted by Gasteiger charge is 2.22. The number of phenolic OH excluding ortho intramolecular Hbond substituents is 1. The number of phenols is 1. The lowest BCUT2D eigenvalue weighted by molar-refractivity contribution is 0.0949. The van der Waals surface area contributed by atoms with Crippen LogP contribution in [0.2, 0.25) is 0 Å². The molecule has 3 rings (SSSR count). The van der Waals surface area contributed by atoms with Gasteiger partial charge in [-0.25, -0.2) is 5.43 Å². The molecule has 1 aliphatic carbocycles. The van der Waals surface area contributed by atoms with Crippen molar-refractivity contribution in [3.63, 3.8) is 0 Å². The first-order valence-corrected chi connectivity index (χ1v) is 7.48. The van der Waals surface area contributed by atoms with E-state index in [4.69, 9.17) is 9.47 Å². The van der Waals surface area contributed by atoms with Crippen LogP contribution in [-0.2, 0) is 12.8 Å². The third kappa shape index (κ3) is 2.90. The fourth-order valence-corrected chi connectivity index (χ4v) is 2.71. The Bertz CT molecular complexity index is 772. The van der Waals surface area contributed by atoms with E-state index in [1.54, 1.807) is 12.1 Å². The molecule has 0 saturated heterocycles. The van der Waals surface area contributed by atoms with E-state index in [0.29, 0.717) is 11.3 Å². The van der Waals surface area contributed by atoms with Gasteiger partial charge in [-0.3, -0.25) is 9.89 Å². The highest BCUT2D eigenvalue weighted by Crippen LogP contribution is 2.36. The van der Waals surface area contributed by atoms with E-state index < -0.39 is 0 Å². The largest absolute Gasteiger partial charge is 0.502 e. The standard InChI is InChI=1S/C16H18N4O4/c1-23-12-6-9(7-13(24-2)15(12)21)8-17-20-16(22)14-10-4-3-5-11(10)18-19-14/h6-8,21H,3-5H2,1-2H3,(H,18,19)(H,20,22)/b17-8+. The summed E-state index contributed by atoms with van der Waals surface area (Å²) in [5.74, 6) is 0.0659. The number of carbonyl (C=O) groups is 1. The summed E-state index contributed by atoms with van der Waals surface area (Å²) < 4.78 is 10.1. The number of aromatic amines is 1. The van der Waals surface area contributed by atoms with E-state index in [9.17, 15) is 9.90 Å². The van der Waals surface area contributed by atoms with E-state index >= 15 is 0 Å². The lowest BCUT2D eigenvalue weighted by atomic mass is 10.2. The van der Waals surface area contributed by atoms with E-state index in [1.165, 1.54) is 20.4 Å². The van der Waals surface area contributed by atoms with Crippen molar-refractivity contribution >= 4 is 12.1 Å². The smallest absolute Gasteiger partial charge is 0.292 e. The number of aromatic hydroxyl groups is 1. The number of methoxy groups -OCH3 is 2. The molecule has 0 radical (unpaired) electrons. The number of rotatable bonds is 5. The second-order valence-electron chi connectivity index (χ2n) is 5.36. The molecule has 2 aromatic rings. The molecule has 1 aliphatic rings. The molecule has 0 saturated carbocycles. The summed E-state index contributed by atoms with van der Waals surface area (Å²) in [5.41, 5.74) is 5.45. The Morgan fingerprint density at radius 1 is 1.33 bits per heavy atom. The van der Waals surface area contributed by atoms with E-state index in [1.807, 2.05) is 0 Å². The van der Waals surface area contributed by atoms with Gasteiger partial charge < -0.3 is 14.6 Å². The molecule has 1 aromatic carbocycles. The van der Waals surface area contributed by atoms with E-state index in [-0.39, 0.29) is 23.2 Å². The van der Waals surface area contributed by atoms with Crippen LogP contribution >= 0.6 is 0 Å². The molecular weight excluding hydrogens is 312 g/mol. The number of fused-ring (bicyclic) bond motifs is 1. The molecule has 8 nitrogen and oxygen atoms in total. The molecule has 24 heavy (non-hydrogen) atoms. The molecule has 1 amide bonds. The number of hydrazone groups is 1. The van der Waals surface area contributed by atoms with Gasteiger partial charge in [-0.15, -0.1) is 0 Å². The van der Waals surface area contributed by atoms with Crippen LogP contribution < -0.4 is 14.9 Å². The maximum atomic E-state index is 12.2. The molecule has 0 unspecified atom stereocenters. The SMILES string of the molecule is COc1cc(/C=N/NC(=O)c2n[nH]c3c2CCC3)cc(OC)c1O. The number of H-pyrrole nitrogens is 1. The van der Waals surface area contributed by atoms with Crippen LogP contribution in [0.15, 0.2) is 17.2 Å². The first-order chi connectivity index (χ1) is 11.6. The molecule has 1 heterocycles. The Morgan fingerprint density at radius 3 is 2.71 bits per heavy atom. The third-order valence-electron chi connectivity index (χ3n) is 3.90. The van der Waals surface area contributed by atoms with Gasteiger partial charge in [0.25, 0.3) is 5.91 Å². The number of hydrogen-bond donors (Lipinski definition) is 3. The molecule has 0 spiro atoms. The van der Waals surface area contributed by atoms with Gasteiger partial charge in [0.05, 0.1) is 20.4 Å². The zero-order valence-electron chi connectivity index (χ0n) is 13.4. The maximum absolute atomic E-state index is 12.2. The zero-order chi connectivity index (χ0) is 17.1. The lowest BCUT2D eigenvalue weighted by Gasteiger charge is -2.09. The second-order valence-corrected chi connectivity index (χ2v) is 5.36. The minimum Gasteiger partial charge on any atom is -0.502 e. The average molecular weight is 330 g/mol. The Morgan fingerprint density at radius 2 is 2.04 bits per heavy atom. The molecule has 0 atom stereocenters. The van der Waals surface area contributed by atoms with Crippen LogP contribution in [0, 0.1) is 0 Å². The number of aromatic nitrogens is 2. The van der Waals surface area contributed by atoms with Gasteiger partial charge >= 0.3 is 0 Å². The minimum absolute atomic E-state index is 0.0896. The third-order valence-corrected chi connectivity index (χ3v) is 3.90. The van der Waals surface area contributed by atoms with E-state index in [0.717, 1.165) is 30.5 Å². The summed E-state index contributed by atoms with van der Waals surface area (Å²) in [4.78, 5) is 12.2. The Balaban J connectivity index is 1.73. The van der Waals surface area contributed by atoms with Crippen molar-refractivity contribution in [2.24, 2.45) is 5.10 Å². The van der Waals surface area contributed by atoms with Crippen molar-refractivity contribution in [2.45, 2.75) is 19.3 Å². The average Bonchev–Trinajstić information content (AvgIpc) is 3.19. The van der Waals surface area contributed by atoms with Crippen LogP contribution in [-0.4, -0.2) is 41.6 Å². The fourth-order valence-electron chi connectivity index (χ4n) is 2.71. The second kappa shape index (κ2) is 6.61. The number of nitrogens with zero attached hydrogens (tertiary/aromatic N) is 2. The summed E-state index contributed by atoms with van der Waals surface area (Å²) in [7, 11) is 2.88. The zero-order valence-corrected chi connectivity index (χ0v) is 13.4. The van der Waals surface area contributed by atoms with Gasteiger partial charge in [-0.1, -0.05) is 0 Å². The van der Waals surface area contributed by atoms with Gasteiger partial charge in [0.2, 0.25) is 5.75 Å². The first kappa shape index (κ1) is 15.9. The highest BCUT2D eigenvalue weighted by molar-refractivity contribution is 5.95. The van der Waals surface area contributed by atoms with Crippen LogP contribution in [0.25, 0.3) is 0 Å². The molecule has 0 bridgehead atoms. The Labute approximate surface area is 138 Å². The van der Waals surface area contributed by atoms with Gasteiger partial charge in [0.1, 0.15) is 0 Å². The molecule has 1 aromatic heterocycles. The summed E-state index contributed by atoms with van der Waals surface area (Å²) >= 11 is 0. The van der Waals surface area contributed by atoms with Crippen molar-refractivity contribution in [2.75, 3.05) is 14.2 Å². The molecule has 0 fully saturated rings. The summed E-state index contributed by atoms with van der Waals surface area (Å²) in [6.07, 6.45) is 4.24. The maximum Gasteiger partial charge on any atom is 0.292 e. The monoisotopic (exact) mass is 330 g/mol. The molecule has 126 valence electrons. The van der Waals surface area contributed by atoms with Crippen molar-refractivity contribution in [1.29, 1.82) is 0 Å². The predicted molar refractivity (Wildman–Crippen MR) is 86.9 cm³/mol.